The Kier molecular flexibility index (Phi) is 3.85. The van der Waals surface area contributed by atoms with Crippen LogP contribution >= 0.6 is 0 Å². The second-order valence-electron chi connectivity index (χ2n) is 4.69. The summed E-state index contributed by atoms with van der Waals surface area (Å²) in [5.41, 5.74) is 0.736. The molecule has 0 atom stereocenters. The summed E-state index contributed by atoms with van der Waals surface area (Å²) in [7, 11) is 0. The van der Waals surface area contributed by atoms with E-state index < -0.39 is 5.54 Å². The maximum Gasteiger partial charge on any atom is 0.255 e. The first-order valence-corrected chi connectivity index (χ1v) is 6.51. The van der Waals surface area contributed by atoms with E-state index in [0.29, 0.717) is 18.4 Å². The molecule has 2 rings (SSSR count). The Morgan fingerprint density at radius 2 is 2.16 bits per heavy atom. The first-order chi connectivity index (χ1) is 9.15. The van der Waals surface area contributed by atoms with Crippen LogP contribution in [0.1, 0.15) is 37.0 Å². The average Bonchev–Trinajstić information content (AvgIpc) is 2.89. The van der Waals surface area contributed by atoms with Crippen LogP contribution in [0.3, 0.4) is 0 Å². The number of fused-ring (bicyclic) bond motifs is 1. The normalized spacial score (nSPS) is 11.7. The summed E-state index contributed by atoms with van der Waals surface area (Å²) in [5.74, 6) is -0.195. The number of aromatic nitrogens is 2. The third-order valence-electron chi connectivity index (χ3n) is 3.71. The van der Waals surface area contributed by atoms with Gasteiger partial charge in [-0.25, -0.2) is 4.52 Å². The lowest BCUT2D eigenvalue weighted by atomic mass is 9.93. The number of aliphatic hydroxyl groups excluding tert-OH is 1. The molecule has 5 nitrogen and oxygen atoms in total. The van der Waals surface area contributed by atoms with Crippen molar-refractivity contribution in [2.75, 3.05) is 6.61 Å². The SMILES string of the molecule is CCC(CC)(CO)NC(=O)c1cnn2ccccc12. The van der Waals surface area contributed by atoms with Crippen LogP contribution in [0.15, 0.2) is 30.6 Å². The molecule has 0 aliphatic rings. The zero-order valence-electron chi connectivity index (χ0n) is 11.3. The summed E-state index contributed by atoms with van der Waals surface area (Å²) >= 11 is 0. The average molecular weight is 261 g/mol. The fourth-order valence-electron chi connectivity index (χ4n) is 2.11. The minimum atomic E-state index is -0.555. The molecule has 0 unspecified atom stereocenters. The standard InChI is InChI=1S/C14H19N3O2/c1-3-14(4-2,10-18)16-13(19)11-9-15-17-8-6-5-7-12(11)17/h5-9,18H,3-4,10H2,1-2H3,(H,16,19). The van der Waals surface area contributed by atoms with E-state index in [4.69, 9.17) is 0 Å². The van der Waals surface area contributed by atoms with E-state index in [1.165, 1.54) is 0 Å². The van der Waals surface area contributed by atoms with E-state index in [1.807, 2.05) is 32.0 Å². The highest BCUT2D eigenvalue weighted by Gasteiger charge is 2.28. The monoisotopic (exact) mass is 261 g/mol. The van der Waals surface area contributed by atoms with Crippen molar-refractivity contribution in [2.24, 2.45) is 0 Å². The summed E-state index contributed by atoms with van der Waals surface area (Å²) in [6, 6.07) is 5.57. The molecule has 5 heteroatoms. The van der Waals surface area contributed by atoms with Crippen LogP contribution in [0.5, 0.6) is 0 Å². The highest BCUT2D eigenvalue weighted by atomic mass is 16.3. The molecule has 2 aromatic rings. The molecule has 0 aliphatic carbocycles. The molecule has 0 aromatic carbocycles. The van der Waals surface area contributed by atoms with Gasteiger partial charge in [0.1, 0.15) is 0 Å². The lowest BCUT2D eigenvalue weighted by molar-refractivity contribution is 0.0819. The third-order valence-corrected chi connectivity index (χ3v) is 3.71. The Hall–Kier alpha value is -1.88. The van der Waals surface area contributed by atoms with Crippen molar-refractivity contribution in [1.29, 1.82) is 0 Å². The fourth-order valence-corrected chi connectivity index (χ4v) is 2.11. The van der Waals surface area contributed by atoms with Gasteiger partial charge in [0, 0.05) is 6.20 Å². The predicted molar refractivity (Wildman–Crippen MR) is 73.1 cm³/mol. The number of carbonyl (C=O) groups is 1. The van der Waals surface area contributed by atoms with Crippen molar-refractivity contribution in [3.05, 3.63) is 36.2 Å². The van der Waals surface area contributed by atoms with Gasteiger partial charge in [0.05, 0.1) is 29.4 Å². The van der Waals surface area contributed by atoms with Gasteiger partial charge in [-0.1, -0.05) is 19.9 Å². The number of nitrogens with zero attached hydrogens (tertiary/aromatic N) is 2. The van der Waals surface area contributed by atoms with Gasteiger partial charge in [0.25, 0.3) is 5.91 Å². The molecular weight excluding hydrogens is 242 g/mol. The number of aliphatic hydroxyl groups is 1. The fraction of sp³-hybridized carbons (Fsp3) is 0.429. The zero-order chi connectivity index (χ0) is 13.9. The van der Waals surface area contributed by atoms with Gasteiger partial charge >= 0.3 is 0 Å². The molecule has 1 amide bonds. The van der Waals surface area contributed by atoms with E-state index in [0.717, 1.165) is 5.52 Å². The van der Waals surface area contributed by atoms with E-state index >= 15 is 0 Å². The molecule has 102 valence electrons. The molecule has 0 saturated heterocycles. The Morgan fingerprint density at radius 1 is 1.42 bits per heavy atom. The van der Waals surface area contributed by atoms with Gasteiger partial charge in [-0.15, -0.1) is 0 Å². The maximum atomic E-state index is 12.3. The van der Waals surface area contributed by atoms with Crippen molar-refractivity contribution < 1.29 is 9.90 Å². The number of pyridine rings is 1. The maximum absolute atomic E-state index is 12.3. The Bertz CT molecular complexity index is 565. The summed E-state index contributed by atoms with van der Waals surface area (Å²) in [6.07, 6.45) is 4.72. The second kappa shape index (κ2) is 5.40. The van der Waals surface area contributed by atoms with E-state index in [-0.39, 0.29) is 12.5 Å². The molecule has 0 radical (unpaired) electrons. The van der Waals surface area contributed by atoms with Crippen LogP contribution in [-0.2, 0) is 0 Å². The largest absolute Gasteiger partial charge is 0.394 e. The van der Waals surface area contributed by atoms with Gasteiger partial charge in [0.15, 0.2) is 0 Å². The van der Waals surface area contributed by atoms with Gasteiger partial charge in [-0.2, -0.15) is 5.10 Å². The first-order valence-electron chi connectivity index (χ1n) is 6.51. The Morgan fingerprint density at radius 3 is 2.79 bits per heavy atom. The molecule has 2 aromatic heterocycles. The van der Waals surface area contributed by atoms with Crippen molar-refractivity contribution >= 4 is 11.4 Å². The highest BCUT2D eigenvalue weighted by Crippen LogP contribution is 2.17. The van der Waals surface area contributed by atoms with Crippen molar-refractivity contribution in [3.63, 3.8) is 0 Å². The van der Waals surface area contributed by atoms with E-state index in [2.05, 4.69) is 10.4 Å². The number of carbonyl (C=O) groups excluding carboxylic acids is 1. The number of amides is 1. The smallest absolute Gasteiger partial charge is 0.255 e. The van der Waals surface area contributed by atoms with E-state index in [1.54, 1.807) is 16.9 Å². The number of nitrogens with one attached hydrogen (secondary N) is 1. The molecule has 19 heavy (non-hydrogen) atoms. The minimum Gasteiger partial charge on any atom is -0.394 e. The van der Waals surface area contributed by atoms with Gasteiger partial charge in [-0.3, -0.25) is 4.79 Å². The number of hydrogen-bond acceptors (Lipinski definition) is 3. The van der Waals surface area contributed by atoms with Crippen LogP contribution in [-0.4, -0.2) is 32.8 Å². The Labute approximate surface area is 112 Å². The summed E-state index contributed by atoms with van der Waals surface area (Å²) in [5, 5.41) is 16.6. The number of rotatable bonds is 5. The lowest BCUT2D eigenvalue weighted by Crippen LogP contribution is -2.50. The quantitative estimate of drug-likeness (QED) is 0.859. The first kappa shape index (κ1) is 13.5. The van der Waals surface area contributed by atoms with Crippen molar-refractivity contribution in [3.8, 4) is 0 Å². The molecule has 0 aliphatic heterocycles. The molecule has 2 heterocycles. The van der Waals surface area contributed by atoms with Crippen LogP contribution in [0.2, 0.25) is 0 Å². The molecule has 0 fully saturated rings. The summed E-state index contributed by atoms with van der Waals surface area (Å²) < 4.78 is 1.66. The third kappa shape index (κ3) is 2.46. The van der Waals surface area contributed by atoms with Crippen LogP contribution in [0.25, 0.3) is 5.52 Å². The van der Waals surface area contributed by atoms with Crippen LogP contribution in [0.4, 0.5) is 0 Å². The molecule has 2 N–H and O–H groups in total. The second-order valence-corrected chi connectivity index (χ2v) is 4.69. The molecule has 0 bridgehead atoms. The van der Waals surface area contributed by atoms with Gasteiger partial charge in [-0.05, 0) is 25.0 Å². The zero-order valence-corrected chi connectivity index (χ0v) is 11.3. The predicted octanol–water partition coefficient (Wildman–Crippen LogP) is 1.62. The van der Waals surface area contributed by atoms with E-state index in [9.17, 15) is 9.90 Å². The van der Waals surface area contributed by atoms with Crippen LogP contribution < -0.4 is 5.32 Å². The topological polar surface area (TPSA) is 66.6 Å². The van der Waals surface area contributed by atoms with Gasteiger partial charge in [0.2, 0.25) is 0 Å². The molecule has 0 spiro atoms. The van der Waals surface area contributed by atoms with Crippen LogP contribution in [0, 0.1) is 0 Å². The summed E-state index contributed by atoms with van der Waals surface area (Å²) in [4.78, 5) is 12.3. The minimum absolute atomic E-state index is 0.0645. The molecule has 0 saturated carbocycles. The van der Waals surface area contributed by atoms with Crippen molar-refractivity contribution in [2.45, 2.75) is 32.2 Å². The Balaban J connectivity index is 2.29. The lowest BCUT2D eigenvalue weighted by Gasteiger charge is -2.30. The summed E-state index contributed by atoms with van der Waals surface area (Å²) in [6.45, 7) is 3.84. The highest BCUT2D eigenvalue weighted by molar-refractivity contribution is 6.00. The molecular formula is C14H19N3O2. The number of hydrogen-bond donors (Lipinski definition) is 2. The van der Waals surface area contributed by atoms with Crippen molar-refractivity contribution in [1.82, 2.24) is 14.9 Å². The van der Waals surface area contributed by atoms with Gasteiger partial charge < -0.3 is 10.4 Å².